The number of hydrogen-bond acceptors (Lipinski definition) is 6. The molecule has 0 radical (unpaired) electrons. The lowest BCUT2D eigenvalue weighted by Crippen LogP contribution is -2.42. The topological polar surface area (TPSA) is 117 Å². The molecule has 9 nitrogen and oxygen atoms in total. The van der Waals surface area contributed by atoms with Crippen LogP contribution in [0.15, 0.2) is 18.2 Å². The zero-order valence-electron chi connectivity index (χ0n) is 15.1. The lowest BCUT2D eigenvalue weighted by atomic mass is 9.81. The van der Waals surface area contributed by atoms with Gasteiger partial charge in [-0.2, -0.15) is 0 Å². The van der Waals surface area contributed by atoms with E-state index in [1.807, 2.05) is 4.90 Å². The summed E-state index contributed by atoms with van der Waals surface area (Å²) in [5.41, 5.74) is -0.264. The summed E-state index contributed by atoms with van der Waals surface area (Å²) in [5, 5.41) is 14.4. The van der Waals surface area contributed by atoms with Crippen molar-refractivity contribution in [3.8, 4) is 11.5 Å². The van der Waals surface area contributed by atoms with E-state index in [0.717, 1.165) is 12.8 Å². The Bertz CT molecular complexity index is 804. The fraction of sp³-hybridized carbons (Fsp3) is 0.500. The fourth-order valence-corrected chi connectivity index (χ4v) is 4.37. The lowest BCUT2D eigenvalue weighted by Gasteiger charge is -2.23. The predicted molar refractivity (Wildman–Crippen MR) is 101 cm³/mol. The van der Waals surface area contributed by atoms with Gasteiger partial charge in [0, 0.05) is 24.8 Å². The van der Waals surface area contributed by atoms with Gasteiger partial charge in [-0.1, -0.05) is 6.42 Å². The van der Waals surface area contributed by atoms with Crippen LogP contribution in [0.3, 0.4) is 0 Å². The van der Waals surface area contributed by atoms with Gasteiger partial charge in [0.05, 0.1) is 12.0 Å². The molecule has 0 aromatic heterocycles. The van der Waals surface area contributed by atoms with Gasteiger partial charge >= 0.3 is 12.0 Å². The number of anilines is 1. The minimum atomic E-state index is -0.784. The Morgan fingerprint density at radius 1 is 1.25 bits per heavy atom. The smallest absolute Gasteiger partial charge is 0.325 e. The van der Waals surface area contributed by atoms with Crippen molar-refractivity contribution in [1.29, 1.82) is 0 Å². The maximum atomic E-state index is 12.2. The average molecular weight is 412 g/mol. The number of halogens is 1. The fourth-order valence-electron chi connectivity index (χ4n) is 4.37. The first-order valence-corrected chi connectivity index (χ1v) is 8.92. The first-order valence-electron chi connectivity index (χ1n) is 8.92. The molecule has 1 aromatic carbocycles. The second-order valence-corrected chi connectivity index (χ2v) is 7.29. The molecule has 1 saturated carbocycles. The summed E-state index contributed by atoms with van der Waals surface area (Å²) in [4.78, 5) is 37.7. The molecule has 10 heteroatoms. The van der Waals surface area contributed by atoms with Crippen LogP contribution in [0, 0.1) is 11.3 Å². The minimum absolute atomic E-state index is 0. The summed E-state index contributed by atoms with van der Waals surface area (Å²) in [7, 11) is 0. The van der Waals surface area contributed by atoms with Crippen LogP contribution in [-0.2, 0) is 9.59 Å². The SMILES string of the molecule is Cl.O=C(CN1C[C@@H]2CCC[C@@]2(C(=O)O)C1)NC(=O)Nc1ccc2c(c1)OCO2. The van der Waals surface area contributed by atoms with Crippen LogP contribution in [0.5, 0.6) is 11.5 Å². The van der Waals surface area contributed by atoms with Crippen molar-refractivity contribution in [2.45, 2.75) is 19.3 Å². The average Bonchev–Trinajstić information content (AvgIpc) is 3.27. The molecule has 2 fully saturated rings. The van der Waals surface area contributed by atoms with Crippen molar-refractivity contribution in [1.82, 2.24) is 10.2 Å². The maximum Gasteiger partial charge on any atom is 0.325 e. The number of rotatable bonds is 4. The molecule has 152 valence electrons. The third-order valence-corrected chi connectivity index (χ3v) is 5.62. The number of carboxylic acids is 1. The Hall–Kier alpha value is -2.52. The minimum Gasteiger partial charge on any atom is -0.481 e. The van der Waals surface area contributed by atoms with Crippen molar-refractivity contribution in [2.75, 3.05) is 31.7 Å². The Morgan fingerprint density at radius 3 is 2.79 bits per heavy atom. The molecule has 1 aliphatic carbocycles. The Morgan fingerprint density at radius 2 is 2.04 bits per heavy atom. The van der Waals surface area contributed by atoms with Crippen LogP contribution >= 0.6 is 12.4 Å². The number of carbonyl (C=O) groups is 3. The largest absolute Gasteiger partial charge is 0.481 e. The number of urea groups is 1. The second-order valence-electron chi connectivity index (χ2n) is 7.29. The zero-order valence-corrected chi connectivity index (χ0v) is 15.9. The number of amides is 3. The predicted octanol–water partition coefficient (Wildman–Crippen LogP) is 1.67. The number of likely N-dealkylation sites (tertiary alicyclic amines) is 1. The molecular formula is C18H22ClN3O6. The van der Waals surface area contributed by atoms with Gasteiger partial charge in [-0.25, -0.2) is 4.79 Å². The molecule has 3 aliphatic rings. The molecule has 0 unspecified atom stereocenters. The van der Waals surface area contributed by atoms with Crippen molar-refractivity contribution in [3.63, 3.8) is 0 Å². The number of fused-ring (bicyclic) bond motifs is 2. The molecule has 2 aliphatic heterocycles. The van der Waals surface area contributed by atoms with Gasteiger partial charge < -0.3 is 19.9 Å². The standard InChI is InChI=1S/C18H21N3O6.ClH/c22-15(8-21-7-11-2-1-5-18(11,9-21)16(23)24)20-17(25)19-12-3-4-13-14(6-12)27-10-26-13;/h3-4,6,11H,1-2,5,7-10H2,(H,23,24)(H2,19,20,22,25);1H/t11-,18+;/m0./s1. The van der Waals surface area contributed by atoms with E-state index in [2.05, 4.69) is 10.6 Å². The van der Waals surface area contributed by atoms with Crippen LogP contribution in [-0.4, -0.2) is 54.3 Å². The molecule has 1 aromatic rings. The van der Waals surface area contributed by atoms with Crippen LogP contribution in [0.4, 0.5) is 10.5 Å². The second kappa shape index (κ2) is 7.84. The van der Waals surface area contributed by atoms with Gasteiger partial charge in [-0.05, 0) is 30.9 Å². The van der Waals surface area contributed by atoms with Gasteiger partial charge in [0.25, 0.3) is 0 Å². The van der Waals surface area contributed by atoms with Crippen molar-refractivity contribution in [3.05, 3.63) is 18.2 Å². The van der Waals surface area contributed by atoms with Crippen LogP contribution in [0.2, 0.25) is 0 Å². The van der Waals surface area contributed by atoms with Crippen LogP contribution < -0.4 is 20.1 Å². The van der Waals surface area contributed by atoms with E-state index in [1.54, 1.807) is 18.2 Å². The van der Waals surface area contributed by atoms with E-state index in [0.29, 0.717) is 36.7 Å². The summed E-state index contributed by atoms with van der Waals surface area (Å²) >= 11 is 0. The normalized spacial score (nSPS) is 24.9. The number of benzene rings is 1. The Labute approximate surface area is 167 Å². The molecule has 28 heavy (non-hydrogen) atoms. The number of nitrogens with one attached hydrogen (secondary N) is 2. The van der Waals surface area contributed by atoms with E-state index >= 15 is 0 Å². The molecule has 0 spiro atoms. The third-order valence-electron chi connectivity index (χ3n) is 5.62. The van der Waals surface area contributed by atoms with Crippen molar-refractivity contribution in [2.24, 2.45) is 11.3 Å². The summed E-state index contributed by atoms with van der Waals surface area (Å²) in [6.45, 7) is 1.06. The molecule has 0 bridgehead atoms. The van der Waals surface area contributed by atoms with Gasteiger partial charge in [-0.3, -0.25) is 19.8 Å². The summed E-state index contributed by atoms with van der Waals surface area (Å²) < 4.78 is 10.4. The van der Waals surface area contributed by atoms with Crippen LogP contribution in [0.1, 0.15) is 19.3 Å². The molecule has 4 rings (SSSR count). The highest BCUT2D eigenvalue weighted by atomic mass is 35.5. The van der Waals surface area contributed by atoms with Gasteiger partial charge in [0.2, 0.25) is 12.7 Å². The lowest BCUT2D eigenvalue weighted by molar-refractivity contribution is -0.149. The number of carbonyl (C=O) groups excluding carboxylic acids is 2. The quantitative estimate of drug-likeness (QED) is 0.689. The van der Waals surface area contributed by atoms with E-state index < -0.39 is 23.3 Å². The van der Waals surface area contributed by atoms with E-state index in [4.69, 9.17) is 9.47 Å². The van der Waals surface area contributed by atoms with Crippen molar-refractivity contribution >= 4 is 36.0 Å². The van der Waals surface area contributed by atoms with E-state index in [-0.39, 0.29) is 31.7 Å². The third kappa shape index (κ3) is 3.72. The Balaban J connectivity index is 0.00000225. The monoisotopic (exact) mass is 411 g/mol. The number of carboxylic acid groups (broad SMARTS) is 1. The maximum absolute atomic E-state index is 12.2. The molecule has 2 heterocycles. The van der Waals surface area contributed by atoms with E-state index in [1.165, 1.54) is 0 Å². The Kier molecular flexibility index (Phi) is 5.66. The molecule has 1 saturated heterocycles. The number of aliphatic carboxylic acids is 1. The molecule has 3 amide bonds. The number of ether oxygens (including phenoxy) is 2. The zero-order chi connectivity index (χ0) is 19.0. The first-order chi connectivity index (χ1) is 13.0. The summed E-state index contributed by atoms with van der Waals surface area (Å²) in [5.74, 6) is -0.0434. The number of imide groups is 1. The highest BCUT2D eigenvalue weighted by Gasteiger charge is 2.54. The highest BCUT2D eigenvalue weighted by molar-refractivity contribution is 6.02. The number of hydrogen-bond donors (Lipinski definition) is 3. The summed E-state index contributed by atoms with van der Waals surface area (Å²) in [6, 6.07) is 4.29. The van der Waals surface area contributed by atoms with Gasteiger partial charge in [0.15, 0.2) is 11.5 Å². The molecule has 3 N–H and O–H groups in total. The van der Waals surface area contributed by atoms with Crippen LogP contribution in [0.25, 0.3) is 0 Å². The van der Waals surface area contributed by atoms with E-state index in [9.17, 15) is 19.5 Å². The highest BCUT2D eigenvalue weighted by Crippen LogP contribution is 2.48. The summed E-state index contributed by atoms with van der Waals surface area (Å²) in [6.07, 6.45) is 2.43. The first kappa shape index (κ1) is 20.2. The van der Waals surface area contributed by atoms with Crippen molar-refractivity contribution < 1.29 is 29.0 Å². The van der Waals surface area contributed by atoms with Gasteiger partial charge in [0.1, 0.15) is 0 Å². The molecular weight excluding hydrogens is 390 g/mol. The molecule has 2 atom stereocenters. The van der Waals surface area contributed by atoms with Gasteiger partial charge in [-0.15, -0.1) is 12.4 Å². The number of nitrogens with zero attached hydrogens (tertiary/aromatic N) is 1.